The predicted octanol–water partition coefficient (Wildman–Crippen LogP) is 2.91. The van der Waals surface area contributed by atoms with E-state index in [0.717, 1.165) is 43.7 Å². The number of benzene rings is 1. The average molecular weight is 328 g/mol. The molecule has 0 radical (unpaired) electrons. The lowest BCUT2D eigenvalue weighted by molar-refractivity contribution is 0.0739. The molecule has 1 saturated carbocycles. The standard InChI is InChI=1S/C20H28N2O2/c23-19-2-1-11-21(14-19)18-9-7-17(8-10-18)20(24)22-12-15-3-4-16(13-22)6-5-15/h7-10,15-16,19,23H,1-6,11-14H2. The highest BCUT2D eigenvalue weighted by Crippen LogP contribution is 2.34. The Labute approximate surface area is 144 Å². The topological polar surface area (TPSA) is 43.8 Å². The van der Waals surface area contributed by atoms with Gasteiger partial charge in [0.25, 0.3) is 5.91 Å². The van der Waals surface area contributed by atoms with Crippen LogP contribution in [0.2, 0.25) is 0 Å². The van der Waals surface area contributed by atoms with Crippen LogP contribution in [-0.4, -0.2) is 48.2 Å². The molecule has 24 heavy (non-hydrogen) atoms. The molecule has 0 aromatic heterocycles. The van der Waals surface area contributed by atoms with Crippen LogP contribution in [0.5, 0.6) is 0 Å². The molecule has 4 fully saturated rings. The number of anilines is 1. The average Bonchev–Trinajstić information content (AvgIpc) is 2.95. The molecular formula is C20H28N2O2. The van der Waals surface area contributed by atoms with E-state index in [4.69, 9.17) is 0 Å². The minimum atomic E-state index is -0.229. The fourth-order valence-electron chi connectivity index (χ4n) is 4.65. The number of hydrogen-bond acceptors (Lipinski definition) is 3. The SMILES string of the molecule is O=C(c1ccc(N2CCCC(O)C2)cc1)N1CC2CCC(CC2)C1. The molecule has 4 nitrogen and oxygen atoms in total. The quantitative estimate of drug-likeness (QED) is 0.908. The summed E-state index contributed by atoms with van der Waals surface area (Å²) < 4.78 is 0. The zero-order valence-corrected chi connectivity index (χ0v) is 14.4. The smallest absolute Gasteiger partial charge is 0.253 e. The van der Waals surface area contributed by atoms with Crippen molar-refractivity contribution in [3.63, 3.8) is 0 Å². The Morgan fingerprint density at radius 3 is 2.12 bits per heavy atom. The Morgan fingerprint density at radius 1 is 0.917 bits per heavy atom. The minimum absolute atomic E-state index is 0.194. The second-order valence-corrected chi connectivity index (χ2v) is 7.89. The Bertz CT molecular complexity index is 564. The molecule has 0 spiro atoms. The Hall–Kier alpha value is -1.55. The summed E-state index contributed by atoms with van der Waals surface area (Å²) >= 11 is 0. The maximum atomic E-state index is 12.9. The summed E-state index contributed by atoms with van der Waals surface area (Å²) in [4.78, 5) is 17.2. The first-order valence-corrected chi connectivity index (χ1v) is 9.51. The van der Waals surface area contributed by atoms with E-state index >= 15 is 0 Å². The number of aliphatic hydroxyl groups is 1. The van der Waals surface area contributed by atoms with Crippen molar-refractivity contribution in [2.45, 2.75) is 44.6 Å². The molecule has 4 aliphatic rings. The fourth-order valence-corrected chi connectivity index (χ4v) is 4.65. The van der Waals surface area contributed by atoms with Crippen molar-refractivity contribution in [1.82, 2.24) is 4.90 Å². The van der Waals surface area contributed by atoms with Gasteiger partial charge in [0.2, 0.25) is 0 Å². The Morgan fingerprint density at radius 2 is 1.54 bits per heavy atom. The van der Waals surface area contributed by atoms with Crippen LogP contribution in [0.25, 0.3) is 0 Å². The molecule has 3 aliphatic heterocycles. The zero-order valence-electron chi connectivity index (χ0n) is 14.4. The van der Waals surface area contributed by atoms with Crippen molar-refractivity contribution in [3.8, 4) is 0 Å². The van der Waals surface area contributed by atoms with E-state index in [1.165, 1.54) is 25.7 Å². The van der Waals surface area contributed by atoms with Gasteiger partial charge in [-0.15, -0.1) is 0 Å². The lowest BCUT2D eigenvalue weighted by Crippen LogP contribution is -2.38. The highest BCUT2D eigenvalue weighted by atomic mass is 16.3. The zero-order chi connectivity index (χ0) is 16.5. The number of carbonyl (C=O) groups is 1. The number of piperidine rings is 1. The van der Waals surface area contributed by atoms with Crippen molar-refractivity contribution in [2.75, 3.05) is 31.1 Å². The number of carbonyl (C=O) groups excluding carboxylic acids is 1. The second-order valence-electron chi connectivity index (χ2n) is 7.89. The van der Waals surface area contributed by atoms with Crippen LogP contribution >= 0.6 is 0 Å². The number of rotatable bonds is 2. The van der Waals surface area contributed by atoms with Crippen LogP contribution in [0.1, 0.15) is 48.9 Å². The normalized spacial score (nSPS) is 30.3. The Kier molecular flexibility index (Phi) is 4.49. The van der Waals surface area contributed by atoms with E-state index in [9.17, 15) is 9.90 Å². The molecule has 1 unspecified atom stereocenters. The maximum Gasteiger partial charge on any atom is 0.253 e. The first kappa shape index (κ1) is 15.9. The van der Waals surface area contributed by atoms with Crippen molar-refractivity contribution in [1.29, 1.82) is 0 Å². The molecule has 1 aromatic carbocycles. The van der Waals surface area contributed by atoms with Gasteiger partial charge in [-0.05, 0) is 74.6 Å². The van der Waals surface area contributed by atoms with Crippen molar-refractivity contribution >= 4 is 11.6 Å². The summed E-state index contributed by atoms with van der Waals surface area (Å²) in [6.07, 6.45) is 6.88. The number of nitrogens with zero attached hydrogens (tertiary/aromatic N) is 2. The number of amides is 1. The molecule has 1 atom stereocenters. The van der Waals surface area contributed by atoms with Crippen LogP contribution in [-0.2, 0) is 0 Å². The van der Waals surface area contributed by atoms with Gasteiger partial charge in [0.15, 0.2) is 0 Å². The van der Waals surface area contributed by atoms with Gasteiger partial charge in [-0.25, -0.2) is 0 Å². The summed E-state index contributed by atoms with van der Waals surface area (Å²) in [5.74, 6) is 1.61. The fraction of sp³-hybridized carbons (Fsp3) is 0.650. The summed E-state index contributed by atoms with van der Waals surface area (Å²) in [6, 6.07) is 8.01. The van der Waals surface area contributed by atoms with Crippen LogP contribution in [0.4, 0.5) is 5.69 Å². The van der Waals surface area contributed by atoms with Gasteiger partial charge in [-0.2, -0.15) is 0 Å². The van der Waals surface area contributed by atoms with E-state index in [0.29, 0.717) is 18.4 Å². The van der Waals surface area contributed by atoms with Gasteiger partial charge in [-0.1, -0.05) is 0 Å². The molecule has 3 heterocycles. The first-order chi connectivity index (χ1) is 11.7. The minimum Gasteiger partial charge on any atom is -0.391 e. The third kappa shape index (κ3) is 3.30. The molecule has 1 aromatic rings. The van der Waals surface area contributed by atoms with Gasteiger partial charge in [0.1, 0.15) is 0 Å². The molecule has 5 rings (SSSR count). The molecule has 4 heteroatoms. The van der Waals surface area contributed by atoms with Crippen molar-refractivity contribution in [2.24, 2.45) is 11.8 Å². The third-order valence-corrected chi connectivity index (χ3v) is 6.09. The predicted molar refractivity (Wildman–Crippen MR) is 95.2 cm³/mol. The molecule has 3 saturated heterocycles. The summed E-state index contributed by atoms with van der Waals surface area (Å²) in [7, 11) is 0. The van der Waals surface area contributed by atoms with Crippen LogP contribution < -0.4 is 4.90 Å². The van der Waals surface area contributed by atoms with E-state index in [2.05, 4.69) is 9.80 Å². The first-order valence-electron chi connectivity index (χ1n) is 9.51. The maximum absolute atomic E-state index is 12.9. The second kappa shape index (κ2) is 6.75. The van der Waals surface area contributed by atoms with Crippen LogP contribution in [0.3, 0.4) is 0 Å². The van der Waals surface area contributed by atoms with Gasteiger partial charge < -0.3 is 14.9 Å². The number of β-amino-alcohol motifs (C(OH)–C–C–N with tert-alkyl or cyclic N) is 1. The summed E-state index contributed by atoms with van der Waals surface area (Å²) in [5.41, 5.74) is 1.92. The Balaban J connectivity index is 1.45. The van der Waals surface area contributed by atoms with Crippen LogP contribution in [0, 0.1) is 11.8 Å². The number of hydrogen-bond donors (Lipinski definition) is 1. The van der Waals surface area contributed by atoms with E-state index in [1.807, 2.05) is 24.3 Å². The lowest BCUT2D eigenvalue weighted by atomic mass is 9.84. The van der Waals surface area contributed by atoms with Crippen molar-refractivity contribution in [3.05, 3.63) is 29.8 Å². The van der Waals surface area contributed by atoms with Crippen molar-refractivity contribution < 1.29 is 9.90 Å². The monoisotopic (exact) mass is 328 g/mol. The molecule has 1 amide bonds. The largest absolute Gasteiger partial charge is 0.391 e. The molecular weight excluding hydrogens is 300 g/mol. The molecule has 1 aliphatic carbocycles. The van der Waals surface area contributed by atoms with Crippen LogP contribution in [0.15, 0.2) is 24.3 Å². The third-order valence-electron chi connectivity index (χ3n) is 6.09. The number of aliphatic hydroxyl groups excluding tert-OH is 1. The molecule has 130 valence electrons. The number of fused-ring (bicyclic) bond motifs is 4. The van der Waals surface area contributed by atoms with E-state index < -0.39 is 0 Å². The molecule has 1 N–H and O–H groups in total. The van der Waals surface area contributed by atoms with Gasteiger partial charge in [-0.3, -0.25) is 4.79 Å². The van der Waals surface area contributed by atoms with E-state index in [-0.39, 0.29) is 12.0 Å². The summed E-state index contributed by atoms with van der Waals surface area (Å²) in [5, 5.41) is 9.83. The molecule has 2 bridgehead atoms. The van der Waals surface area contributed by atoms with E-state index in [1.54, 1.807) is 0 Å². The lowest BCUT2D eigenvalue weighted by Gasteiger charge is -2.32. The summed E-state index contributed by atoms with van der Waals surface area (Å²) in [6.45, 7) is 3.56. The van der Waals surface area contributed by atoms with Gasteiger partial charge in [0, 0.05) is 37.4 Å². The highest BCUT2D eigenvalue weighted by Gasteiger charge is 2.31. The highest BCUT2D eigenvalue weighted by molar-refractivity contribution is 5.94. The van der Waals surface area contributed by atoms with Gasteiger partial charge in [0.05, 0.1) is 6.10 Å². The van der Waals surface area contributed by atoms with Gasteiger partial charge >= 0.3 is 0 Å².